The van der Waals surface area contributed by atoms with Crippen molar-refractivity contribution in [2.75, 3.05) is 25.5 Å². The van der Waals surface area contributed by atoms with Crippen LogP contribution in [0.2, 0.25) is 0 Å². The third kappa shape index (κ3) is 9.19. The van der Waals surface area contributed by atoms with Crippen LogP contribution in [0.5, 0.6) is 0 Å². The summed E-state index contributed by atoms with van der Waals surface area (Å²) >= 11 is 5.44. The molecule has 74 valence electrons. The molecule has 0 aliphatic heterocycles. The summed E-state index contributed by atoms with van der Waals surface area (Å²) in [6, 6.07) is 0. The van der Waals surface area contributed by atoms with Gasteiger partial charge >= 0.3 is 0 Å². The number of nitrogens with zero attached hydrogens (tertiary/aromatic N) is 1. The Hall–Kier alpha value is -0.720. The molecule has 0 amide bonds. The monoisotopic (exact) mass is 201 g/mol. The Kier molecular flexibility index (Phi) is 8.85. The van der Waals surface area contributed by atoms with Crippen molar-refractivity contribution in [1.82, 2.24) is 5.32 Å². The normalized spacial score (nSPS) is 11.2. The third-order valence-electron chi connectivity index (χ3n) is 1.44. The summed E-state index contributed by atoms with van der Waals surface area (Å²) in [5.41, 5.74) is 5.41. The maximum atomic E-state index is 5.44. The number of hydrogen-bond donors (Lipinski definition) is 2. The van der Waals surface area contributed by atoms with Gasteiger partial charge in [-0.25, -0.2) is 0 Å². The van der Waals surface area contributed by atoms with E-state index in [4.69, 9.17) is 23.8 Å². The van der Waals surface area contributed by atoms with Crippen molar-refractivity contribution < 1.29 is 0 Å². The number of unbranched alkanes of at least 4 members (excludes halogenated alkanes) is 1. The maximum absolute atomic E-state index is 5.44. The maximum Gasteiger partial charge on any atom is 0.109 e. The number of rotatable bonds is 7. The molecular formula is C9H16ClN3. The molecule has 0 aromatic carbocycles. The Bertz CT molecular complexity index is 184. The minimum Gasteiger partial charge on any atom is -0.386 e. The lowest BCUT2D eigenvalue weighted by Crippen LogP contribution is -2.16. The summed E-state index contributed by atoms with van der Waals surface area (Å²) in [5, 5.41) is 3.10. The average molecular weight is 202 g/mol. The smallest absolute Gasteiger partial charge is 0.109 e. The van der Waals surface area contributed by atoms with E-state index in [1.165, 1.54) is 0 Å². The first-order valence-corrected chi connectivity index (χ1v) is 4.83. The van der Waals surface area contributed by atoms with Gasteiger partial charge in [0.25, 0.3) is 0 Å². The number of halogens is 1. The Morgan fingerprint density at radius 1 is 1.54 bits per heavy atom. The van der Waals surface area contributed by atoms with E-state index in [1.807, 2.05) is 0 Å². The third-order valence-corrected chi connectivity index (χ3v) is 1.71. The highest BCUT2D eigenvalue weighted by Gasteiger charge is 1.89. The van der Waals surface area contributed by atoms with Gasteiger partial charge in [0.1, 0.15) is 5.84 Å². The Morgan fingerprint density at radius 2 is 2.31 bits per heavy atom. The second kappa shape index (κ2) is 9.37. The zero-order chi connectivity index (χ0) is 9.94. The van der Waals surface area contributed by atoms with E-state index in [2.05, 4.69) is 16.2 Å². The second-order valence-electron chi connectivity index (χ2n) is 2.59. The summed E-state index contributed by atoms with van der Waals surface area (Å²) in [5.74, 6) is 3.34. The van der Waals surface area contributed by atoms with E-state index >= 15 is 0 Å². The largest absolute Gasteiger partial charge is 0.386 e. The minimum atomic E-state index is 0.315. The number of alkyl halides is 1. The summed E-state index contributed by atoms with van der Waals surface area (Å²) in [7, 11) is 0. The van der Waals surface area contributed by atoms with E-state index in [9.17, 15) is 0 Å². The Morgan fingerprint density at radius 3 is 2.92 bits per heavy atom. The van der Waals surface area contributed by atoms with Crippen LogP contribution in [0.3, 0.4) is 0 Å². The fraction of sp³-hybridized carbons (Fsp3) is 0.667. The van der Waals surface area contributed by atoms with Crippen LogP contribution in [0.4, 0.5) is 0 Å². The van der Waals surface area contributed by atoms with E-state index in [1.54, 1.807) is 0 Å². The van der Waals surface area contributed by atoms with Crippen molar-refractivity contribution in [3.63, 3.8) is 0 Å². The number of amidine groups is 1. The van der Waals surface area contributed by atoms with Gasteiger partial charge in [0.2, 0.25) is 0 Å². The molecule has 0 rings (SSSR count). The molecule has 0 fully saturated rings. The summed E-state index contributed by atoms with van der Waals surface area (Å²) in [6.45, 7) is 2.31. The lowest BCUT2D eigenvalue weighted by Gasteiger charge is -1.99. The summed E-state index contributed by atoms with van der Waals surface area (Å²) in [6.07, 6.45) is 7.13. The number of aliphatic imine (C=N–C) groups is 1. The van der Waals surface area contributed by atoms with Crippen LogP contribution in [0.25, 0.3) is 0 Å². The number of hydrogen-bond acceptors (Lipinski definition) is 2. The van der Waals surface area contributed by atoms with Crippen LogP contribution < -0.4 is 11.1 Å². The van der Waals surface area contributed by atoms with Gasteiger partial charge in [-0.1, -0.05) is 5.92 Å². The lowest BCUT2D eigenvalue weighted by molar-refractivity contribution is 0.666. The van der Waals surface area contributed by atoms with Gasteiger partial charge in [0, 0.05) is 6.54 Å². The molecule has 0 aliphatic carbocycles. The van der Waals surface area contributed by atoms with Gasteiger partial charge in [0.15, 0.2) is 0 Å². The van der Waals surface area contributed by atoms with Crippen molar-refractivity contribution in [3.05, 3.63) is 0 Å². The van der Waals surface area contributed by atoms with Crippen LogP contribution >= 0.6 is 11.6 Å². The molecule has 0 bridgehead atoms. The van der Waals surface area contributed by atoms with Gasteiger partial charge in [0.05, 0.1) is 12.4 Å². The molecule has 4 heteroatoms. The van der Waals surface area contributed by atoms with Crippen molar-refractivity contribution in [2.45, 2.75) is 12.8 Å². The minimum absolute atomic E-state index is 0.315. The van der Waals surface area contributed by atoms with Gasteiger partial charge in [-0.15, -0.1) is 18.0 Å². The van der Waals surface area contributed by atoms with E-state index in [-0.39, 0.29) is 0 Å². The van der Waals surface area contributed by atoms with E-state index in [0.29, 0.717) is 18.3 Å². The first kappa shape index (κ1) is 12.3. The van der Waals surface area contributed by atoms with Crippen LogP contribution in [-0.2, 0) is 0 Å². The van der Waals surface area contributed by atoms with Crippen LogP contribution in [0.15, 0.2) is 4.99 Å². The summed E-state index contributed by atoms with van der Waals surface area (Å²) < 4.78 is 0. The molecule has 0 aromatic rings. The first-order chi connectivity index (χ1) is 6.31. The van der Waals surface area contributed by atoms with Gasteiger partial charge in [-0.05, 0) is 19.4 Å². The van der Waals surface area contributed by atoms with Gasteiger partial charge in [-0.3, -0.25) is 4.99 Å². The van der Waals surface area contributed by atoms with Crippen molar-refractivity contribution in [1.29, 1.82) is 0 Å². The quantitative estimate of drug-likeness (QED) is 0.208. The molecule has 0 spiro atoms. The topological polar surface area (TPSA) is 50.4 Å². The molecule has 0 saturated heterocycles. The Labute approximate surface area is 84.7 Å². The highest BCUT2D eigenvalue weighted by molar-refractivity contribution is 6.27. The highest BCUT2D eigenvalue weighted by Crippen LogP contribution is 1.88. The molecule has 3 N–H and O–H groups in total. The predicted octanol–water partition coefficient (Wildman–Crippen LogP) is 0.585. The van der Waals surface area contributed by atoms with E-state index < -0.39 is 0 Å². The van der Waals surface area contributed by atoms with Crippen LogP contribution in [0.1, 0.15) is 12.8 Å². The lowest BCUT2D eigenvalue weighted by atomic mass is 10.3. The van der Waals surface area contributed by atoms with Gasteiger partial charge < -0.3 is 11.1 Å². The van der Waals surface area contributed by atoms with E-state index in [0.717, 1.165) is 25.9 Å². The van der Waals surface area contributed by atoms with Crippen LogP contribution in [-0.4, -0.2) is 31.3 Å². The standard InChI is InChI=1S/C9H16ClN3/c1-2-5-12-6-3-4-7-13-9(11)8-10/h1,12H,3-8H2,(H2,11,13). The van der Waals surface area contributed by atoms with Crippen LogP contribution in [0, 0.1) is 12.3 Å². The second-order valence-corrected chi connectivity index (χ2v) is 2.86. The number of nitrogens with one attached hydrogen (secondary N) is 1. The fourth-order valence-electron chi connectivity index (χ4n) is 0.787. The summed E-state index contributed by atoms with van der Waals surface area (Å²) in [4.78, 5) is 4.05. The average Bonchev–Trinajstić information content (AvgIpc) is 2.16. The molecule has 0 saturated carbocycles. The first-order valence-electron chi connectivity index (χ1n) is 4.30. The molecule has 0 radical (unpaired) electrons. The van der Waals surface area contributed by atoms with Crippen molar-refractivity contribution >= 4 is 17.4 Å². The zero-order valence-corrected chi connectivity index (χ0v) is 8.48. The van der Waals surface area contributed by atoms with Crippen molar-refractivity contribution in [3.8, 4) is 12.3 Å². The fourth-order valence-corrected chi connectivity index (χ4v) is 0.872. The molecule has 0 aromatic heterocycles. The molecule has 0 heterocycles. The highest BCUT2D eigenvalue weighted by atomic mass is 35.5. The molecular weight excluding hydrogens is 186 g/mol. The molecule has 13 heavy (non-hydrogen) atoms. The number of nitrogens with two attached hydrogens (primary N) is 1. The molecule has 0 atom stereocenters. The molecule has 0 aliphatic rings. The van der Waals surface area contributed by atoms with Crippen molar-refractivity contribution in [2.24, 2.45) is 10.7 Å². The molecule has 3 nitrogen and oxygen atoms in total. The Balaban J connectivity index is 3.13. The zero-order valence-electron chi connectivity index (χ0n) is 7.72. The predicted molar refractivity (Wildman–Crippen MR) is 58.1 cm³/mol. The molecule has 0 unspecified atom stereocenters. The van der Waals surface area contributed by atoms with Gasteiger partial charge in [-0.2, -0.15) is 0 Å². The SMILES string of the molecule is C#CCNCCCCN=C(N)CCl. The number of terminal acetylenes is 1.